The molecule has 0 bridgehead atoms. The van der Waals surface area contributed by atoms with E-state index < -0.39 is 16.6 Å². The Labute approximate surface area is 131 Å². The second-order valence-electron chi connectivity index (χ2n) is 3.79. The molecule has 0 unspecified atom stereocenters. The predicted molar refractivity (Wildman–Crippen MR) is 80.5 cm³/mol. The van der Waals surface area contributed by atoms with Gasteiger partial charge in [-0.1, -0.05) is 11.6 Å². The van der Waals surface area contributed by atoms with Crippen molar-refractivity contribution in [2.75, 3.05) is 5.32 Å². The lowest BCUT2D eigenvalue weighted by Gasteiger charge is -2.08. The van der Waals surface area contributed by atoms with Gasteiger partial charge in [-0.2, -0.15) is 0 Å². The molecule has 2 rings (SSSR count). The molecule has 0 heterocycles. The molecule has 0 aliphatic rings. The Morgan fingerprint density at radius 2 is 1.90 bits per heavy atom. The zero-order valence-electron chi connectivity index (χ0n) is 9.66. The van der Waals surface area contributed by atoms with Gasteiger partial charge in [0.15, 0.2) is 0 Å². The van der Waals surface area contributed by atoms with Gasteiger partial charge in [0, 0.05) is 17.8 Å². The Balaban J connectivity index is 2.44. The average molecular weight is 411 g/mol. The van der Waals surface area contributed by atoms with E-state index in [9.17, 15) is 18.9 Å². The minimum absolute atomic E-state index is 0.0319. The highest BCUT2D eigenvalue weighted by Crippen LogP contribution is 2.32. The number of nitrogens with one attached hydrogen (secondary N) is 1. The minimum Gasteiger partial charge on any atom is -0.350 e. The van der Waals surface area contributed by atoms with Gasteiger partial charge in [0.2, 0.25) is 0 Å². The first kappa shape index (κ1) is 14.9. The third-order valence-electron chi connectivity index (χ3n) is 2.43. The van der Waals surface area contributed by atoms with Crippen molar-refractivity contribution in [1.82, 2.24) is 0 Å². The molecule has 4 nitrogen and oxygen atoms in total. The maximum atomic E-state index is 13.5. The summed E-state index contributed by atoms with van der Waals surface area (Å²) in [6.07, 6.45) is 0. The smallest absolute Gasteiger partial charge is 0.293 e. The summed E-state index contributed by atoms with van der Waals surface area (Å²) in [5, 5.41) is 13.5. The summed E-state index contributed by atoms with van der Waals surface area (Å²) >= 11 is 7.28. The van der Waals surface area contributed by atoms with Crippen molar-refractivity contribution in [2.45, 2.75) is 0 Å². The lowest BCUT2D eigenvalue weighted by atomic mass is 10.2. The van der Waals surface area contributed by atoms with Gasteiger partial charge in [-0.05, 0) is 40.8 Å². The van der Waals surface area contributed by atoms with Crippen LogP contribution in [0.3, 0.4) is 0 Å². The number of nitro groups is 1. The summed E-state index contributed by atoms with van der Waals surface area (Å²) < 4.78 is 26.7. The SMILES string of the molecule is O=[N+]([O-])c1cc(I)c(F)cc1Nc1ccc(F)c(Cl)c1. The van der Waals surface area contributed by atoms with Crippen LogP contribution in [0.25, 0.3) is 0 Å². The van der Waals surface area contributed by atoms with Gasteiger partial charge in [-0.3, -0.25) is 10.1 Å². The van der Waals surface area contributed by atoms with E-state index >= 15 is 0 Å². The lowest BCUT2D eigenvalue weighted by molar-refractivity contribution is -0.384. The summed E-state index contributed by atoms with van der Waals surface area (Å²) in [4.78, 5) is 10.3. The Bertz CT molecular complexity index is 697. The third kappa shape index (κ3) is 3.15. The number of hydrogen-bond donors (Lipinski definition) is 1. The average Bonchev–Trinajstić information content (AvgIpc) is 2.37. The number of benzene rings is 2. The van der Waals surface area contributed by atoms with Crippen LogP contribution in [0.5, 0.6) is 0 Å². The standard InChI is InChI=1S/C12H6ClF2IN2O2/c13-7-3-6(1-2-8(7)14)17-11-4-9(15)10(16)5-12(11)18(19)20/h1-5,17H. The number of hydrogen-bond acceptors (Lipinski definition) is 3. The largest absolute Gasteiger partial charge is 0.350 e. The normalized spacial score (nSPS) is 10.4. The van der Waals surface area contributed by atoms with Crippen LogP contribution in [-0.2, 0) is 0 Å². The van der Waals surface area contributed by atoms with Gasteiger partial charge in [0.25, 0.3) is 5.69 Å². The maximum Gasteiger partial charge on any atom is 0.293 e. The van der Waals surface area contributed by atoms with E-state index in [1.807, 2.05) is 0 Å². The zero-order valence-corrected chi connectivity index (χ0v) is 12.6. The molecular formula is C12H6ClF2IN2O2. The first-order chi connectivity index (χ1) is 9.38. The van der Waals surface area contributed by atoms with E-state index in [1.165, 1.54) is 12.1 Å². The summed E-state index contributed by atoms with van der Waals surface area (Å²) in [7, 11) is 0. The van der Waals surface area contributed by atoms with E-state index in [0.29, 0.717) is 5.69 Å². The third-order valence-corrected chi connectivity index (χ3v) is 3.55. The van der Waals surface area contributed by atoms with Crippen LogP contribution in [0.1, 0.15) is 0 Å². The van der Waals surface area contributed by atoms with Gasteiger partial charge in [0.1, 0.15) is 17.3 Å². The Morgan fingerprint density at radius 1 is 1.20 bits per heavy atom. The molecule has 20 heavy (non-hydrogen) atoms. The molecule has 0 fully saturated rings. The van der Waals surface area contributed by atoms with Crippen molar-refractivity contribution in [1.29, 1.82) is 0 Å². The topological polar surface area (TPSA) is 55.2 Å². The van der Waals surface area contributed by atoms with Crippen molar-refractivity contribution in [3.8, 4) is 0 Å². The molecule has 0 saturated carbocycles. The van der Waals surface area contributed by atoms with Gasteiger partial charge < -0.3 is 5.32 Å². The molecule has 2 aromatic carbocycles. The quantitative estimate of drug-likeness (QED) is 0.446. The lowest BCUT2D eigenvalue weighted by Crippen LogP contribution is -1.99. The minimum atomic E-state index is -0.630. The van der Waals surface area contributed by atoms with Crippen LogP contribution < -0.4 is 5.32 Å². The number of rotatable bonds is 3. The van der Waals surface area contributed by atoms with Crippen molar-refractivity contribution in [3.63, 3.8) is 0 Å². The molecule has 0 aromatic heterocycles. The highest BCUT2D eigenvalue weighted by atomic mass is 127. The highest BCUT2D eigenvalue weighted by Gasteiger charge is 2.18. The molecule has 104 valence electrons. The first-order valence-corrected chi connectivity index (χ1v) is 6.69. The number of halogens is 4. The molecule has 0 atom stereocenters. The number of anilines is 2. The molecule has 0 spiro atoms. The van der Waals surface area contributed by atoms with Gasteiger partial charge in [-0.15, -0.1) is 0 Å². The summed E-state index contributed by atoms with van der Waals surface area (Å²) in [5.74, 6) is -1.20. The second-order valence-corrected chi connectivity index (χ2v) is 5.36. The van der Waals surface area contributed by atoms with Crippen LogP contribution in [0.15, 0.2) is 30.3 Å². The van der Waals surface area contributed by atoms with E-state index in [2.05, 4.69) is 5.32 Å². The van der Waals surface area contributed by atoms with Gasteiger partial charge in [-0.25, -0.2) is 8.78 Å². The van der Waals surface area contributed by atoms with Crippen LogP contribution in [0, 0.1) is 25.3 Å². The van der Waals surface area contributed by atoms with Crippen molar-refractivity contribution in [2.24, 2.45) is 0 Å². The number of nitrogens with zero attached hydrogens (tertiary/aromatic N) is 1. The molecular weight excluding hydrogens is 404 g/mol. The van der Waals surface area contributed by atoms with E-state index in [-0.39, 0.29) is 20.0 Å². The molecule has 0 aliphatic carbocycles. The van der Waals surface area contributed by atoms with Crippen LogP contribution in [-0.4, -0.2) is 4.92 Å². The van der Waals surface area contributed by atoms with Crippen LogP contribution in [0.2, 0.25) is 5.02 Å². The van der Waals surface area contributed by atoms with Gasteiger partial charge in [0.05, 0.1) is 13.5 Å². The molecule has 0 aliphatic heterocycles. The predicted octanol–water partition coefficient (Wildman–Crippen LogP) is 4.87. The van der Waals surface area contributed by atoms with Gasteiger partial charge >= 0.3 is 0 Å². The van der Waals surface area contributed by atoms with E-state index in [4.69, 9.17) is 11.6 Å². The van der Waals surface area contributed by atoms with Crippen molar-refractivity contribution >= 4 is 51.3 Å². The van der Waals surface area contributed by atoms with E-state index in [0.717, 1.165) is 18.2 Å². The second kappa shape index (κ2) is 5.88. The fourth-order valence-electron chi connectivity index (χ4n) is 1.52. The van der Waals surface area contributed by atoms with Crippen LogP contribution in [0.4, 0.5) is 25.8 Å². The summed E-state index contributed by atoms with van der Waals surface area (Å²) in [5.41, 5.74) is 0.00643. The molecule has 0 radical (unpaired) electrons. The van der Waals surface area contributed by atoms with E-state index in [1.54, 1.807) is 22.6 Å². The Hall–Kier alpha value is -1.48. The molecule has 8 heteroatoms. The first-order valence-electron chi connectivity index (χ1n) is 5.24. The highest BCUT2D eigenvalue weighted by molar-refractivity contribution is 14.1. The number of nitro benzene ring substituents is 1. The monoisotopic (exact) mass is 410 g/mol. The fourth-order valence-corrected chi connectivity index (χ4v) is 2.15. The van der Waals surface area contributed by atoms with Crippen molar-refractivity contribution in [3.05, 3.63) is 60.7 Å². The molecule has 0 saturated heterocycles. The Morgan fingerprint density at radius 3 is 2.50 bits per heavy atom. The maximum absolute atomic E-state index is 13.5. The summed E-state index contributed by atoms with van der Waals surface area (Å²) in [6.45, 7) is 0. The molecule has 2 aromatic rings. The van der Waals surface area contributed by atoms with Crippen molar-refractivity contribution < 1.29 is 13.7 Å². The molecule has 1 N–H and O–H groups in total. The Kier molecular flexibility index (Phi) is 4.39. The fraction of sp³-hybridized carbons (Fsp3) is 0. The van der Waals surface area contributed by atoms with Crippen LogP contribution >= 0.6 is 34.2 Å². The zero-order chi connectivity index (χ0) is 14.9. The summed E-state index contributed by atoms with van der Waals surface area (Å²) in [6, 6.07) is 5.84. The molecule has 0 amide bonds.